The smallest absolute Gasteiger partial charge is 0.243 e. The minimum Gasteiger partial charge on any atom is -0.325 e. The van der Waals surface area contributed by atoms with Gasteiger partial charge in [0.15, 0.2) is 0 Å². The number of hydrogen-bond donors (Lipinski definition) is 1. The standard InChI is InChI=1S/C23H20ClN3O3S/c24-20-8-12-22(13-9-20)31(29,30)27(16-19-4-2-1-3-5-19)17-23(28)26-21-10-6-18(7-11-21)14-15-25/h1-13H,14,16-17H2,(H,26,28). The Labute approximate surface area is 186 Å². The molecule has 0 saturated carbocycles. The van der Waals surface area contributed by atoms with Crippen molar-refractivity contribution in [2.45, 2.75) is 17.9 Å². The summed E-state index contributed by atoms with van der Waals surface area (Å²) in [5.41, 5.74) is 2.11. The van der Waals surface area contributed by atoms with Crippen LogP contribution in [0.3, 0.4) is 0 Å². The predicted octanol–water partition coefficient (Wildman–Crippen LogP) is 4.24. The van der Waals surface area contributed by atoms with Crippen molar-refractivity contribution < 1.29 is 13.2 Å². The Morgan fingerprint density at radius 3 is 2.19 bits per heavy atom. The van der Waals surface area contributed by atoms with E-state index >= 15 is 0 Å². The summed E-state index contributed by atoms with van der Waals surface area (Å²) in [5, 5.41) is 11.9. The molecule has 0 aliphatic carbocycles. The molecule has 3 aromatic rings. The molecular weight excluding hydrogens is 434 g/mol. The molecule has 0 radical (unpaired) electrons. The lowest BCUT2D eigenvalue weighted by Gasteiger charge is -2.22. The summed E-state index contributed by atoms with van der Waals surface area (Å²) in [4.78, 5) is 12.7. The van der Waals surface area contributed by atoms with Gasteiger partial charge >= 0.3 is 0 Å². The fourth-order valence-corrected chi connectivity index (χ4v) is 4.44. The first-order chi connectivity index (χ1) is 14.9. The maximum Gasteiger partial charge on any atom is 0.243 e. The Balaban J connectivity index is 1.81. The van der Waals surface area contributed by atoms with Crippen molar-refractivity contribution in [2.24, 2.45) is 0 Å². The van der Waals surface area contributed by atoms with Crippen LogP contribution in [0.25, 0.3) is 0 Å². The third kappa shape index (κ3) is 6.15. The van der Waals surface area contributed by atoms with Crippen molar-refractivity contribution in [1.82, 2.24) is 4.31 Å². The van der Waals surface area contributed by atoms with E-state index in [1.807, 2.05) is 18.2 Å². The zero-order chi connectivity index (χ0) is 22.3. The number of rotatable bonds is 8. The molecule has 0 aliphatic heterocycles. The number of amides is 1. The monoisotopic (exact) mass is 453 g/mol. The molecule has 0 fully saturated rings. The average molecular weight is 454 g/mol. The van der Waals surface area contributed by atoms with Crippen LogP contribution in [0.5, 0.6) is 0 Å². The van der Waals surface area contributed by atoms with E-state index in [2.05, 4.69) is 11.4 Å². The molecule has 8 heteroatoms. The molecule has 0 unspecified atom stereocenters. The molecule has 0 heterocycles. The van der Waals surface area contributed by atoms with Crippen LogP contribution in [0.2, 0.25) is 5.02 Å². The summed E-state index contributed by atoms with van der Waals surface area (Å²) in [5.74, 6) is -0.471. The largest absolute Gasteiger partial charge is 0.325 e. The molecule has 0 aromatic heterocycles. The summed E-state index contributed by atoms with van der Waals surface area (Å²) in [6, 6.07) is 23.8. The van der Waals surface area contributed by atoms with Crippen LogP contribution in [0.4, 0.5) is 5.69 Å². The van der Waals surface area contributed by atoms with E-state index in [0.717, 1.165) is 15.4 Å². The lowest BCUT2D eigenvalue weighted by Crippen LogP contribution is -2.37. The van der Waals surface area contributed by atoms with E-state index < -0.39 is 15.9 Å². The van der Waals surface area contributed by atoms with Gasteiger partial charge in [-0.25, -0.2) is 8.42 Å². The molecule has 0 aliphatic rings. The van der Waals surface area contributed by atoms with Gasteiger partial charge in [0.2, 0.25) is 15.9 Å². The van der Waals surface area contributed by atoms with Gasteiger partial charge in [-0.15, -0.1) is 0 Å². The van der Waals surface area contributed by atoms with Gasteiger partial charge in [0.05, 0.1) is 23.9 Å². The van der Waals surface area contributed by atoms with Crippen LogP contribution in [0.15, 0.2) is 83.8 Å². The molecule has 0 saturated heterocycles. The predicted molar refractivity (Wildman–Crippen MR) is 120 cm³/mol. The molecule has 0 atom stereocenters. The summed E-state index contributed by atoms with van der Waals surface area (Å²) >= 11 is 5.89. The van der Waals surface area contributed by atoms with Crippen molar-refractivity contribution in [3.8, 4) is 6.07 Å². The Bertz CT molecular complexity index is 1170. The molecule has 3 rings (SSSR count). The summed E-state index contributed by atoms with van der Waals surface area (Å²) in [6.07, 6.45) is 0.276. The SMILES string of the molecule is N#CCc1ccc(NC(=O)CN(Cc2ccccc2)S(=O)(=O)c2ccc(Cl)cc2)cc1. The van der Waals surface area contributed by atoms with Crippen LogP contribution >= 0.6 is 11.6 Å². The van der Waals surface area contributed by atoms with Crippen molar-refractivity contribution in [3.63, 3.8) is 0 Å². The van der Waals surface area contributed by atoms with Crippen LogP contribution < -0.4 is 5.32 Å². The number of carbonyl (C=O) groups excluding carboxylic acids is 1. The highest BCUT2D eigenvalue weighted by Gasteiger charge is 2.27. The molecule has 31 heavy (non-hydrogen) atoms. The van der Waals surface area contributed by atoms with Crippen molar-refractivity contribution in [1.29, 1.82) is 5.26 Å². The summed E-state index contributed by atoms with van der Waals surface area (Å²) in [6.45, 7) is -0.319. The number of hydrogen-bond acceptors (Lipinski definition) is 4. The second-order valence-corrected chi connectivity index (χ2v) is 9.17. The van der Waals surface area contributed by atoms with Gasteiger partial charge < -0.3 is 5.32 Å². The summed E-state index contributed by atoms with van der Waals surface area (Å²) < 4.78 is 27.6. The Morgan fingerprint density at radius 1 is 0.935 bits per heavy atom. The Kier molecular flexibility index (Phi) is 7.42. The number of nitrogens with one attached hydrogen (secondary N) is 1. The van der Waals surface area contributed by atoms with Gasteiger partial charge in [-0.3, -0.25) is 4.79 Å². The van der Waals surface area contributed by atoms with E-state index in [-0.39, 0.29) is 24.4 Å². The third-order valence-electron chi connectivity index (χ3n) is 4.49. The van der Waals surface area contributed by atoms with E-state index in [1.54, 1.807) is 36.4 Å². The van der Waals surface area contributed by atoms with E-state index in [9.17, 15) is 13.2 Å². The highest BCUT2D eigenvalue weighted by Crippen LogP contribution is 2.21. The van der Waals surface area contributed by atoms with Gasteiger partial charge in [0.1, 0.15) is 0 Å². The van der Waals surface area contributed by atoms with Crippen molar-refractivity contribution in [3.05, 3.63) is 95.0 Å². The zero-order valence-corrected chi connectivity index (χ0v) is 18.1. The summed E-state index contributed by atoms with van der Waals surface area (Å²) in [7, 11) is -3.94. The lowest BCUT2D eigenvalue weighted by atomic mass is 10.1. The number of sulfonamides is 1. The second kappa shape index (κ2) is 10.2. The average Bonchev–Trinajstić information content (AvgIpc) is 2.76. The molecule has 0 spiro atoms. The van der Waals surface area contributed by atoms with Gasteiger partial charge in [0.25, 0.3) is 0 Å². The molecule has 158 valence electrons. The van der Waals surface area contributed by atoms with Crippen LogP contribution in [-0.2, 0) is 27.8 Å². The molecule has 3 aromatic carbocycles. The topological polar surface area (TPSA) is 90.3 Å². The van der Waals surface area contributed by atoms with Crippen molar-refractivity contribution in [2.75, 3.05) is 11.9 Å². The van der Waals surface area contributed by atoms with E-state index in [1.165, 1.54) is 24.3 Å². The van der Waals surface area contributed by atoms with E-state index in [4.69, 9.17) is 16.9 Å². The number of benzene rings is 3. The normalized spacial score (nSPS) is 11.1. The zero-order valence-electron chi connectivity index (χ0n) is 16.5. The number of nitriles is 1. The number of carbonyl (C=O) groups is 1. The number of anilines is 1. The van der Waals surface area contributed by atoms with Gasteiger partial charge in [0, 0.05) is 17.3 Å². The minimum absolute atomic E-state index is 0.0420. The van der Waals surface area contributed by atoms with Crippen LogP contribution in [-0.4, -0.2) is 25.2 Å². The fourth-order valence-electron chi connectivity index (χ4n) is 2.93. The number of nitrogens with zero attached hydrogens (tertiary/aromatic N) is 2. The number of halogens is 1. The molecule has 6 nitrogen and oxygen atoms in total. The van der Waals surface area contributed by atoms with Gasteiger partial charge in [-0.2, -0.15) is 9.57 Å². The van der Waals surface area contributed by atoms with Gasteiger partial charge in [-0.1, -0.05) is 54.1 Å². The van der Waals surface area contributed by atoms with Crippen LogP contribution in [0, 0.1) is 11.3 Å². The quantitative estimate of drug-likeness (QED) is 0.552. The molecule has 1 amide bonds. The second-order valence-electron chi connectivity index (χ2n) is 6.79. The van der Waals surface area contributed by atoms with Crippen molar-refractivity contribution >= 4 is 33.2 Å². The lowest BCUT2D eigenvalue weighted by molar-refractivity contribution is -0.116. The highest BCUT2D eigenvalue weighted by atomic mass is 35.5. The van der Waals surface area contributed by atoms with E-state index in [0.29, 0.717) is 10.7 Å². The first-order valence-electron chi connectivity index (χ1n) is 9.44. The molecule has 1 N–H and O–H groups in total. The Hall–Kier alpha value is -3.18. The third-order valence-corrected chi connectivity index (χ3v) is 6.55. The maximum absolute atomic E-state index is 13.2. The molecular formula is C23H20ClN3O3S. The molecule has 0 bridgehead atoms. The maximum atomic E-state index is 13.2. The first-order valence-corrected chi connectivity index (χ1v) is 11.3. The van der Waals surface area contributed by atoms with Crippen LogP contribution in [0.1, 0.15) is 11.1 Å². The highest BCUT2D eigenvalue weighted by molar-refractivity contribution is 7.89. The fraction of sp³-hybridized carbons (Fsp3) is 0.130. The first kappa shape index (κ1) is 22.5. The Morgan fingerprint density at radius 2 is 1.58 bits per heavy atom. The van der Waals surface area contributed by atoms with Gasteiger partial charge in [-0.05, 0) is 47.5 Å². The minimum atomic E-state index is -3.94.